The van der Waals surface area contributed by atoms with Crippen LogP contribution in [-0.4, -0.2) is 42.4 Å². The maximum Gasteiger partial charge on any atom is 0.135 e. The number of nitrogens with one attached hydrogen (secondary N) is 1. The van der Waals surface area contributed by atoms with Crippen molar-refractivity contribution in [1.82, 2.24) is 10.2 Å². The fourth-order valence-electron chi connectivity index (χ4n) is 2.26. The van der Waals surface area contributed by atoms with Crippen LogP contribution in [0.5, 0.6) is 0 Å². The maximum absolute atomic E-state index is 11.2. The molecule has 3 nitrogen and oxygen atoms in total. The molecule has 2 unspecified atom stereocenters. The molecule has 2 fully saturated rings. The number of nitrogens with zero attached hydrogens (tertiary/aromatic N) is 1. The van der Waals surface area contributed by atoms with E-state index in [1.54, 1.807) is 0 Å². The molecule has 0 amide bonds. The number of piperazine rings is 1. The Bertz CT molecular complexity index is 193. The summed E-state index contributed by atoms with van der Waals surface area (Å²) in [6, 6.07) is 1.09. The number of ketones is 1. The molecule has 12 heavy (non-hydrogen) atoms. The molecule has 3 heteroatoms. The summed E-state index contributed by atoms with van der Waals surface area (Å²) in [6.45, 7) is 5.28. The van der Waals surface area contributed by atoms with Crippen molar-refractivity contribution < 1.29 is 4.79 Å². The standard InChI is InChI=1S/C9H16N2O/c1-7-5-10-6-8-4-9(12)2-3-11(7)8/h7-8,10H,2-6H2,1H3. The molecule has 2 saturated heterocycles. The van der Waals surface area contributed by atoms with E-state index in [-0.39, 0.29) is 0 Å². The molecule has 1 N–H and O–H groups in total. The second kappa shape index (κ2) is 3.15. The highest BCUT2D eigenvalue weighted by Gasteiger charge is 2.32. The zero-order chi connectivity index (χ0) is 8.55. The van der Waals surface area contributed by atoms with Crippen LogP contribution in [0.4, 0.5) is 0 Å². The van der Waals surface area contributed by atoms with Crippen molar-refractivity contribution in [2.45, 2.75) is 31.8 Å². The Morgan fingerprint density at radius 1 is 1.50 bits per heavy atom. The minimum atomic E-state index is 0.437. The lowest BCUT2D eigenvalue weighted by Crippen LogP contribution is -2.59. The van der Waals surface area contributed by atoms with E-state index in [9.17, 15) is 4.79 Å². The average molecular weight is 168 g/mol. The molecule has 0 spiro atoms. The Morgan fingerprint density at radius 3 is 3.17 bits per heavy atom. The third-order valence-corrected chi connectivity index (χ3v) is 2.97. The number of rotatable bonds is 0. The number of carbonyl (C=O) groups excluding carboxylic acids is 1. The zero-order valence-corrected chi connectivity index (χ0v) is 7.55. The van der Waals surface area contributed by atoms with Gasteiger partial charge in [-0.25, -0.2) is 0 Å². The second-order valence-corrected chi connectivity index (χ2v) is 3.89. The minimum absolute atomic E-state index is 0.437. The van der Waals surface area contributed by atoms with Gasteiger partial charge in [-0.3, -0.25) is 9.69 Å². The van der Waals surface area contributed by atoms with Crippen molar-refractivity contribution in [3.05, 3.63) is 0 Å². The summed E-state index contributed by atoms with van der Waals surface area (Å²) in [6.07, 6.45) is 1.53. The monoisotopic (exact) mass is 168 g/mol. The number of Topliss-reactive ketones (excluding diaryl/α,β-unsaturated/α-hetero) is 1. The summed E-state index contributed by atoms with van der Waals surface area (Å²) in [5.74, 6) is 0.437. The van der Waals surface area contributed by atoms with Gasteiger partial charge in [0.05, 0.1) is 0 Å². The van der Waals surface area contributed by atoms with Gasteiger partial charge in [-0.1, -0.05) is 0 Å². The molecule has 2 atom stereocenters. The lowest BCUT2D eigenvalue weighted by Gasteiger charge is -2.43. The molecule has 2 aliphatic rings. The summed E-state index contributed by atoms with van der Waals surface area (Å²) in [4.78, 5) is 13.6. The molecule has 0 saturated carbocycles. The SMILES string of the molecule is CC1CNCC2CC(=O)CCN12. The van der Waals surface area contributed by atoms with Crippen molar-refractivity contribution in [3.63, 3.8) is 0 Å². The zero-order valence-electron chi connectivity index (χ0n) is 7.55. The number of carbonyl (C=O) groups is 1. The van der Waals surface area contributed by atoms with Crippen molar-refractivity contribution in [3.8, 4) is 0 Å². The van der Waals surface area contributed by atoms with E-state index in [4.69, 9.17) is 0 Å². The first-order valence-electron chi connectivity index (χ1n) is 4.75. The molecule has 0 bridgehead atoms. The maximum atomic E-state index is 11.2. The smallest absolute Gasteiger partial charge is 0.135 e. The first-order valence-corrected chi connectivity index (χ1v) is 4.75. The summed E-state index contributed by atoms with van der Waals surface area (Å²) in [5.41, 5.74) is 0. The van der Waals surface area contributed by atoms with Crippen molar-refractivity contribution in [1.29, 1.82) is 0 Å². The molecule has 0 aromatic carbocycles. The first kappa shape index (κ1) is 8.20. The topological polar surface area (TPSA) is 32.3 Å². The van der Waals surface area contributed by atoms with E-state index in [1.807, 2.05) is 0 Å². The summed E-state index contributed by atoms with van der Waals surface area (Å²) in [5, 5.41) is 3.36. The minimum Gasteiger partial charge on any atom is -0.314 e. The predicted octanol–water partition coefficient (Wildman–Crippen LogP) is 0.0116. The summed E-state index contributed by atoms with van der Waals surface area (Å²) >= 11 is 0. The quantitative estimate of drug-likeness (QED) is 0.553. The van der Waals surface area contributed by atoms with Crippen LogP contribution in [-0.2, 0) is 4.79 Å². The van der Waals surface area contributed by atoms with Gasteiger partial charge in [0.15, 0.2) is 0 Å². The van der Waals surface area contributed by atoms with Gasteiger partial charge >= 0.3 is 0 Å². The average Bonchev–Trinajstić information content (AvgIpc) is 2.04. The molecule has 0 aliphatic carbocycles. The molecule has 2 aliphatic heterocycles. The Kier molecular flexibility index (Phi) is 2.15. The number of hydrogen-bond acceptors (Lipinski definition) is 3. The van der Waals surface area contributed by atoms with Crippen LogP contribution >= 0.6 is 0 Å². The van der Waals surface area contributed by atoms with E-state index in [0.717, 1.165) is 32.5 Å². The summed E-state index contributed by atoms with van der Waals surface area (Å²) in [7, 11) is 0. The fourth-order valence-corrected chi connectivity index (χ4v) is 2.26. The molecule has 68 valence electrons. The number of piperidine rings is 1. The normalized spacial score (nSPS) is 37.9. The van der Waals surface area contributed by atoms with Gasteiger partial charge in [0, 0.05) is 44.6 Å². The molecule has 0 radical (unpaired) electrons. The predicted molar refractivity (Wildman–Crippen MR) is 47.1 cm³/mol. The fraction of sp³-hybridized carbons (Fsp3) is 0.889. The van der Waals surface area contributed by atoms with Crippen LogP contribution < -0.4 is 5.32 Å². The van der Waals surface area contributed by atoms with Crippen LogP contribution in [0.3, 0.4) is 0 Å². The molecular formula is C9H16N2O. The van der Waals surface area contributed by atoms with Gasteiger partial charge < -0.3 is 5.32 Å². The van der Waals surface area contributed by atoms with Gasteiger partial charge in [0.2, 0.25) is 0 Å². The van der Waals surface area contributed by atoms with Crippen LogP contribution in [0.15, 0.2) is 0 Å². The lowest BCUT2D eigenvalue weighted by molar-refractivity contribution is -0.124. The first-order chi connectivity index (χ1) is 5.77. The Balaban J connectivity index is 2.04. The highest BCUT2D eigenvalue weighted by Crippen LogP contribution is 2.18. The Hall–Kier alpha value is -0.410. The van der Waals surface area contributed by atoms with E-state index in [1.165, 1.54) is 0 Å². The third kappa shape index (κ3) is 1.39. The van der Waals surface area contributed by atoms with E-state index in [0.29, 0.717) is 17.9 Å². The van der Waals surface area contributed by atoms with E-state index in [2.05, 4.69) is 17.1 Å². The largest absolute Gasteiger partial charge is 0.314 e. The van der Waals surface area contributed by atoms with Crippen molar-refractivity contribution in [2.24, 2.45) is 0 Å². The van der Waals surface area contributed by atoms with Crippen LogP contribution in [0.2, 0.25) is 0 Å². The molecule has 0 aromatic rings. The van der Waals surface area contributed by atoms with Gasteiger partial charge in [-0.15, -0.1) is 0 Å². The lowest BCUT2D eigenvalue weighted by atomic mass is 9.97. The van der Waals surface area contributed by atoms with Gasteiger partial charge in [-0.2, -0.15) is 0 Å². The van der Waals surface area contributed by atoms with Crippen LogP contribution in [0.1, 0.15) is 19.8 Å². The molecule has 2 heterocycles. The molecule has 0 aromatic heterocycles. The Morgan fingerprint density at radius 2 is 2.33 bits per heavy atom. The number of fused-ring (bicyclic) bond motifs is 1. The van der Waals surface area contributed by atoms with Gasteiger partial charge in [0.25, 0.3) is 0 Å². The highest BCUT2D eigenvalue weighted by atomic mass is 16.1. The second-order valence-electron chi connectivity index (χ2n) is 3.89. The van der Waals surface area contributed by atoms with Crippen LogP contribution in [0.25, 0.3) is 0 Å². The summed E-state index contributed by atoms with van der Waals surface area (Å²) < 4.78 is 0. The molecule has 2 rings (SSSR count). The van der Waals surface area contributed by atoms with E-state index >= 15 is 0 Å². The van der Waals surface area contributed by atoms with Crippen LogP contribution in [0, 0.1) is 0 Å². The van der Waals surface area contributed by atoms with Crippen molar-refractivity contribution >= 4 is 5.78 Å². The van der Waals surface area contributed by atoms with E-state index < -0.39 is 0 Å². The third-order valence-electron chi connectivity index (χ3n) is 2.97. The van der Waals surface area contributed by atoms with Gasteiger partial charge in [0.1, 0.15) is 5.78 Å². The van der Waals surface area contributed by atoms with Crippen molar-refractivity contribution in [2.75, 3.05) is 19.6 Å². The Labute approximate surface area is 73.1 Å². The highest BCUT2D eigenvalue weighted by molar-refractivity contribution is 5.80. The number of hydrogen-bond donors (Lipinski definition) is 1. The van der Waals surface area contributed by atoms with Gasteiger partial charge in [-0.05, 0) is 6.92 Å². The molecular weight excluding hydrogens is 152 g/mol.